The first kappa shape index (κ1) is 38.4. The van der Waals surface area contributed by atoms with Crippen molar-refractivity contribution in [2.75, 3.05) is 58.4 Å². The molecule has 3 N–H and O–H groups in total. The van der Waals surface area contributed by atoms with Crippen LogP contribution in [-0.2, 0) is 38.4 Å². The van der Waals surface area contributed by atoms with Crippen LogP contribution in [0.25, 0.3) is 22.2 Å². The summed E-state index contributed by atoms with van der Waals surface area (Å²) in [5.74, 6) is -0.137. The Morgan fingerprint density at radius 2 is 1.93 bits per heavy atom. The van der Waals surface area contributed by atoms with E-state index in [1.165, 1.54) is 33.4 Å². The van der Waals surface area contributed by atoms with Crippen LogP contribution >= 0.6 is 11.3 Å². The van der Waals surface area contributed by atoms with E-state index in [9.17, 15) is 9.59 Å². The van der Waals surface area contributed by atoms with Crippen LogP contribution in [0.2, 0.25) is 0 Å². The maximum atomic E-state index is 13.8. The lowest BCUT2D eigenvalue weighted by atomic mass is 9.84. The molecule has 0 spiro atoms. The first-order chi connectivity index (χ1) is 25.9. The Bertz CT molecular complexity index is 1970. The van der Waals surface area contributed by atoms with Crippen LogP contribution in [0.1, 0.15) is 62.0 Å². The summed E-state index contributed by atoms with van der Waals surface area (Å²) in [7, 11) is 3.91. The van der Waals surface area contributed by atoms with E-state index in [1.807, 2.05) is 11.6 Å². The van der Waals surface area contributed by atoms with Crippen LogP contribution in [0.4, 0.5) is 5.69 Å². The number of amides is 1. The summed E-state index contributed by atoms with van der Waals surface area (Å²) in [5.41, 5.74) is 16.9. The summed E-state index contributed by atoms with van der Waals surface area (Å²) in [6, 6.07) is 7.67. The molecule has 1 saturated carbocycles. The molecule has 54 heavy (non-hydrogen) atoms. The topological polar surface area (TPSA) is 131 Å². The van der Waals surface area contributed by atoms with E-state index in [0.717, 1.165) is 66.8 Å². The van der Waals surface area contributed by atoms with E-state index in [1.54, 1.807) is 18.3 Å². The number of pyridine rings is 1. The number of nitrogens with zero attached hydrogens (tertiary/aromatic N) is 6. The van der Waals surface area contributed by atoms with E-state index in [-0.39, 0.29) is 36.4 Å². The number of piperazine rings is 1. The maximum absolute atomic E-state index is 13.8. The van der Waals surface area contributed by atoms with Crippen LogP contribution in [0.3, 0.4) is 0 Å². The standard InChI is InChI=1S/C41H56N8O4S/c1-8-48-34-10-9-25(2)17-30(34)32(38(48)31-19-28(22-44-36(31)26(3)52-7)47-14-12-46(6)13-15-47)21-41(4,5)24-53-40(51)37-29-18-27(29)23-49(45-37)39(50)33(42)20-35-43-11-16-54-35/h9-11,16-17,19,22,26-27,29,33,37,45H,8,12-15,18,20-21,23-24,42H2,1-7H3/t26-,27?,29?,33-,37-/m0/s1. The van der Waals surface area contributed by atoms with Gasteiger partial charge in [-0.2, -0.15) is 0 Å². The summed E-state index contributed by atoms with van der Waals surface area (Å²) >= 11 is 1.48. The number of anilines is 1. The van der Waals surface area contributed by atoms with Crippen molar-refractivity contribution in [2.45, 2.75) is 78.6 Å². The Kier molecular flexibility index (Phi) is 11.2. The average Bonchev–Trinajstić information content (AvgIpc) is 3.66. The second-order valence-corrected chi connectivity index (χ2v) is 17.3. The zero-order chi connectivity index (χ0) is 38.3. The molecule has 3 aromatic heterocycles. The summed E-state index contributed by atoms with van der Waals surface area (Å²) in [6.07, 6.45) is 5.41. The zero-order valence-electron chi connectivity index (χ0n) is 32.8. The summed E-state index contributed by atoms with van der Waals surface area (Å²) in [5, 5.41) is 5.44. The second-order valence-electron chi connectivity index (χ2n) is 16.3. The highest BCUT2D eigenvalue weighted by molar-refractivity contribution is 7.09. The van der Waals surface area contributed by atoms with Gasteiger partial charge in [-0.1, -0.05) is 25.5 Å². The fourth-order valence-corrected chi connectivity index (χ4v) is 8.89. The summed E-state index contributed by atoms with van der Waals surface area (Å²) in [6.45, 7) is 16.2. The average molecular weight is 757 g/mol. The van der Waals surface area contributed by atoms with Gasteiger partial charge in [0.15, 0.2) is 0 Å². The molecule has 5 atom stereocenters. The molecule has 2 saturated heterocycles. The van der Waals surface area contributed by atoms with Crippen LogP contribution < -0.4 is 16.1 Å². The van der Waals surface area contributed by atoms with E-state index in [2.05, 4.69) is 90.7 Å². The van der Waals surface area contributed by atoms with Gasteiger partial charge < -0.3 is 29.6 Å². The number of methoxy groups -OCH3 is 1. The third-order valence-corrected chi connectivity index (χ3v) is 12.3. The lowest BCUT2D eigenvalue weighted by Gasteiger charge is -2.34. The second kappa shape index (κ2) is 15.7. The summed E-state index contributed by atoms with van der Waals surface area (Å²) in [4.78, 5) is 41.3. The van der Waals surface area contributed by atoms with Crippen molar-refractivity contribution < 1.29 is 19.1 Å². The monoisotopic (exact) mass is 756 g/mol. The number of aromatic nitrogens is 3. The first-order valence-electron chi connectivity index (χ1n) is 19.3. The molecule has 290 valence electrons. The fraction of sp³-hybridized carbons (Fsp3) is 0.561. The molecule has 0 radical (unpaired) electrons. The third kappa shape index (κ3) is 7.92. The van der Waals surface area contributed by atoms with Crippen LogP contribution in [0, 0.1) is 24.2 Å². The van der Waals surface area contributed by atoms with Crippen LogP contribution in [0.5, 0.6) is 0 Å². The van der Waals surface area contributed by atoms with Gasteiger partial charge in [0.25, 0.3) is 5.91 Å². The number of benzene rings is 1. The minimum atomic E-state index is -0.734. The molecule has 7 rings (SSSR count). The number of likely N-dealkylation sites (N-methyl/N-ethyl adjacent to an activating group) is 1. The zero-order valence-corrected chi connectivity index (χ0v) is 33.6. The minimum Gasteiger partial charge on any atom is -0.464 e. The van der Waals surface area contributed by atoms with Crippen molar-refractivity contribution in [2.24, 2.45) is 23.0 Å². The fourth-order valence-electron chi connectivity index (χ4n) is 8.22. The van der Waals surface area contributed by atoms with Crippen molar-refractivity contribution in [1.29, 1.82) is 0 Å². The van der Waals surface area contributed by atoms with Crippen molar-refractivity contribution in [3.05, 3.63) is 63.9 Å². The van der Waals surface area contributed by atoms with Crippen LogP contribution in [-0.4, -0.2) is 102 Å². The molecule has 5 heterocycles. The number of carbonyl (C=O) groups is 2. The number of hydrazine groups is 1. The highest BCUT2D eigenvalue weighted by Crippen LogP contribution is 2.45. The molecular weight excluding hydrogens is 701 g/mol. The van der Waals surface area contributed by atoms with E-state index >= 15 is 0 Å². The van der Waals surface area contributed by atoms with Gasteiger partial charge >= 0.3 is 5.97 Å². The number of rotatable bonds is 13. The number of nitrogens with one attached hydrogen (secondary N) is 1. The predicted octanol–water partition coefficient (Wildman–Crippen LogP) is 4.98. The Hall–Kier alpha value is -3.88. The predicted molar refractivity (Wildman–Crippen MR) is 213 cm³/mol. The molecular formula is C41H56N8O4S. The summed E-state index contributed by atoms with van der Waals surface area (Å²) < 4.78 is 14.5. The molecule has 13 heteroatoms. The van der Waals surface area contributed by atoms with Gasteiger partial charge in [0, 0.05) is 86.3 Å². The number of nitrogens with two attached hydrogens (primary N) is 1. The molecule has 0 bridgehead atoms. The van der Waals surface area contributed by atoms with Gasteiger partial charge in [0.2, 0.25) is 0 Å². The van der Waals surface area contributed by atoms with Crippen molar-refractivity contribution in [3.63, 3.8) is 0 Å². The molecule has 2 unspecified atom stereocenters. The van der Waals surface area contributed by atoms with Gasteiger partial charge in [-0.25, -0.2) is 10.4 Å². The van der Waals surface area contributed by atoms with Gasteiger partial charge in [-0.05, 0) is 76.3 Å². The lowest BCUT2D eigenvalue weighted by Crippen LogP contribution is -2.60. The molecule has 1 amide bonds. The number of aryl methyl sites for hydroxylation is 2. The molecule has 4 aromatic rings. The normalized spacial score (nSPS) is 21.6. The Labute approximate surface area is 323 Å². The lowest BCUT2D eigenvalue weighted by molar-refractivity contribution is -0.155. The number of hydrogen-bond acceptors (Lipinski definition) is 11. The number of thiazole rings is 1. The SMILES string of the molecule is CCn1c(-c2cc(N3CCN(C)CC3)cnc2[C@H](C)OC)c(CC(C)(C)COC(=O)[C@H]2NN(C(=O)[C@@H](N)Cc3nccs3)CC3CC32)c2cc(C)ccc21. The van der Waals surface area contributed by atoms with Crippen molar-refractivity contribution in [1.82, 2.24) is 29.9 Å². The van der Waals surface area contributed by atoms with Gasteiger partial charge in [-0.3, -0.25) is 19.6 Å². The molecule has 1 aromatic carbocycles. The van der Waals surface area contributed by atoms with E-state index in [0.29, 0.717) is 19.4 Å². The highest BCUT2D eigenvalue weighted by atomic mass is 32.1. The van der Waals surface area contributed by atoms with Gasteiger partial charge in [-0.15, -0.1) is 11.3 Å². The van der Waals surface area contributed by atoms with Crippen LogP contribution in [0.15, 0.2) is 42.0 Å². The third-order valence-electron chi connectivity index (χ3n) is 11.5. The van der Waals surface area contributed by atoms with Gasteiger partial charge in [0.1, 0.15) is 6.04 Å². The molecule has 12 nitrogen and oxygen atoms in total. The van der Waals surface area contributed by atoms with Gasteiger partial charge in [0.05, 0.1) is 47.0 Å². The number of carbonyl (C=O) groups excluding carboxylic acids is 2. The molecule has 2 aliphatic heterocycles. The number of esters is 1. The number of hydrogen-bond donors (Lipinski definition) is 2. The molecule has 1 aliphatic carbocycles. The minimum absolute atomic E-state index is 0.151. The van der Waals surface area contributed by atoms with Crippen molar-refractivity contribution >= 4 is 39.8 Å². The number of ether oxygens (including phenoxy) is 2. The smallest absolute Gasteiger partial charge is 0.325 e. The quantitative estimate of drug-likeness (QED) is 0.180. The Morgan fingerprint density at radius 1 is 1.15 bits per heavy atom. The van der Waals surface area contributed by atoms with Crippen molar-refractivity contribution in [3.8, 4) is 11.3 Å². The highest BCUT2D eigenvalue weighted by Gasteiger charge is 2.53. The maximum Gasteiger partial charge on any atom is 0.325 e. The molecule has 3 aliphatic rings. The van der Waals surface area contributed by atoms with E-state index < -0.39 is 17.5 Å². The largest absolute Gasteiger partial charge is 0.464 e. The number of fused-ring (bicyclic) bond motifs is 2. The van der Waals surface area contributed by atoms with E-state index in [4.69, 9.17) is 20.2 Å². The Balaban J connectivity index is 1.15. The first-order valence-corrected chi connectivity index (χ1v) is 20.2. The Morgan fingerprint density at radius 3 is 2.63 bits per heavy atom. The molecule has 3 fully saturated rings.